The Bertz CT molecular complexity index is 640. The molecule has 2 aromatic rings. The zero-order valence-corrected chi connectivity index (χ0v) is 13.0. The monoisotopic (exact) mass is 299 g/mol. The predicted octanol–water partition coefficient (Wildman–Crippen LogP) is 3.65. The molecule has 116 valence electrons. The van der Waals surface area contributed by atoms with Crippen molar-refractivity contribution in [2.24, 2.45) is 0 Å². The van der Waals surface area contributed by atoms with Gasteiger partial charge in [-0.15, -0.1) is 0 Å². The highest BCUT2D eigenvalue weighted by Crippen LogP contribution is 2.41. The minimum absolute atomic E-state index is 0.154. The topological polar surface area (TPSA) is 58.4 Å². The molecule has 0 spiro atoms. The first-order valence-electron chi connectivity index (χ1n) is 7.83. The number of nitrogens with one attached hydrogen (secondary N) is 1. The Kier molecular flexibility index (Phi) is 4.13. The average Bonchev–Trinajstić information content (AvgIpc) is 3.27. The maximum atomic E-state index is 12.3. The zero-order chi connectivity index (χ0) is 15.5. The van der Waals surface area contributed by atoms with E-state index in [2.05, 4.69) is 29.2 Å². The Morgan fingerprint density at radius 2 is 1.95 bits per heavy atom. The van der Waals surface area contributed by atoms with E-state index in [-0.39, 0.29) is 5.91 Å². The summed E-state index contributed by atoms with van der Waals surface area (Å²) in [5, 5.41) is 6.68. The number of carbonyl (C=O) groups excluding carboxylic acids is 1. The van der Waals surface area contributed by atoms with Gasteiger partial charge in [-0.05, 0) is 51.0 Å². The third-order valence-corrected chi connectivity index (χ3v) is 4.04. The Balaban J connectivity index is 1.70. The second-order valence-electron chi connectivity index (χ2n) is 5.55. The SMILES string of the molecule is CCN(CC)c1ccc(NC(=O)c2cnoc2C2CC2)cc1. The molecule has 0 unspecified atom stereocenters. The van der Waals surface area contributed by atoms with Gasteiger partial charge in [-0.1, -0.05) is 5.16 Å². The number of aromatic nitrogens is 1. The molecule has 5 nitrogen and oxygen atoms in total. The van der Waals surface area contributed by atoms with Crippen LogP contribution in [0.15, 0.2) is 35.0 Å². The van der Waals surface area contributed by atoms with Crippen molar-refractivity contribution in [2.45, 2.75) is 32.6 Å². The number of hydrogen-bond acceptors (Lipinski definition) is 4. The van der Waals surface area contributed by atoms with Crippen molar-refractivity contribution in [3.63, 3.8) is 0 Å². The van der Waals surface area contributed by atoms with E-state index in [0.29, 0.717) is 11.5 Å². The van der Waals surface area contributed by atoms with E-state index in [1.54, 1.807) is 0 Å². The molecule has 0 saturated heterocycles. The standard InChI is InChI=1S/C17H21N3O2/c1-3-20(4-2)14-9-7-13(8-10-14)19-17(21)15-11-18-22-16(15)12-5-6-12/h7-12H,3-6H2,1-2H3,(H,19,21). The fraction of sp³-hybridized carbons (Fsp3) is 0.412. The van der Waals surface area contributed by atoms with Crippen molar-refractivity contribution < 1.29 is 9.32 Å². The minimum Gasteiger partial charge on any atom is -0.372 e. The normalized spacial score (nSPS) is 13.9. The van der Waals surface area contributed by atoms with Crippen molar-refractivity contribution in [3.8, 4) is 0 Å². The number of nitrogens with zero attached hydrogens (tertiary/aromatic N) is 2. The molecule has 5 heteroatoms. The number of benzene rings is 1. The number of anilines is 2. The van der Waals surface area contributed by atoms with Crippen molar-refractivity contribution >= 4 is 17.3 Å². The van der Waals surface area contributed by atoms with Gasteiger partial charge in [0.15, 0.2) is 5.76 Å². The van der Waals surface area contributed by atoms with Crippen molar-refractivity contribution in [1.29, 1.82) is 0 Å². The summed E-state index contributed by atoms with van der Waals surface area (Å²) in [6.45, 7) is 6.19. The van der Waals surface area contributed by atoms with Crippen LogP contribution in [-0.4, -0.2) is 24.2 Å². The molecule has 1 heterocycles. The quantitative estimate of drug-likeness (QED) is 0.884. The van der Waals surface area contributed by atoms with Gasteiger partial charge in [0, 0.05) is 30.4 Å². The molecule has 0 bridgehead atoms. The van der Waals surface area contributed by atoms with Crippen LogP contribution in [-0.2, 0) is 0 Å². The third-order valence-electron chi connectivity index (χ3n) is 4.04. The van der Waals surface area contributed by atoms with E-state index < -0.39 is 0 Å². The Labute approximate surface area is 130 Å². The van der Waals surface area contributed by atoms with Gasteiger partial charge in [-0.2, -0.15) is 0 Å². The van der Waals surface area contributed by atoms with E-state index in [0.717, 1.165) is 43.1 Å². The second kappa shape index (κ2) is 6.22. The molecule has 1 aliphatic carbocycles. The molecular formula is C17H21N3O2. The van der Waals surface area contributed by atoms with Gasteiger partial charge in [0.2, 0.25) is 0 Å². The average molecular weight is 299 g/mol. The van der Waals surface area contributed by atoms with Crippen molar-refractivity contribution in [1.82, 2.24) is 5.16 Å². The minimum atomic E-state index is -0.154. The molecule has 0 atom stereocenters. The van der Waals surface area contributed by atoms with Crippen LogP contribution in [0.4, 0.5) is 11.4 Å². The first kappa shape index (κ1) is 14.6. The maximum absolute atomic E-state index is 12.3. The summed E-state index contributed by atoms with van der Waals surface area (Å²) < 4.78 is 5.21. The number of hydrogen-bond donors (Lipinski definition) is 1. The Hall–Kier alpha value is -2.30. The molecule has 1 aromatic carbocycles. The highest BCUT2D eigenvalue weighted by Gasteiger charge is 2.32. The molecule has 1 amide bonds. The number of rotatable bonds is 6. The molecule has 1 aromatic heterocycles. The lowest BCUT2D eigenvalue weighted by molar-refractivity contribution is 0.102. The fourth-order valence-corrected chi connectivity index (χ4v) is 2.60. The summed E-state index contributed by atoms with van der Waals surface area (Å²) in [5.41, 5.74) is 2.49. The van der Waals surface area contributed by atoms with Crippen LogP contribution < -0.4 is 10.2 Å². The van der Waals surface area contributed by atoms with Gasteiger partial charge in [0.05, 0.1) is 6.20 Å². The lowest BCUT2D eigenvalue weighted by atomic mass is 10.2. The molecule has 1 saturated carbocycles. The van der Waals surface area contributed by atoms with Crippen molar-refractivity contribution in [2.75, 3.05) is 23.3 Å². The van der Waals surface area contributed by atoms with E-state index in [1.807, 2.05) is 24.3 Å². The van der Waals surface area contributed by atoms with Gasteiger partial charge in [0.25, 0.3) is 5.91 Å². The third kappa shape index (κ3) is 2.98. The summed E-state index contributed by atoms with van der Waals surface area (Å²) in [5.74, 6) is 0.935. The summed E-state index contributed by atoms with van der Waals surface area (Å²) in [6, 6.07) is 7.90. The maximum Gasteiger partial charge on any atom is 0.260 e. The first-order chi connectivity index (χ1) is 10.7. The molecule has 22 heavy (non-hydrogen) atoms. The van der Waals surface area contributed by atoms with E-state index in [9.17, 15) is 4.79 Å². The van der Waals surface area contributed by atoms with Gasteiger partial charge in [-0.25, -0.2) is 0 Å². The van der Waals surface area contributed by atoms with Gasteiger partial charge >= 0.3 is 0 Å². The van der Waals surface area contributed by atoms with Crippen LogP contribution in [0.3, 0.4) is 0 Å². The van der Waals surface area contributed by atoms with Crippen LogP contribution in [0.2, 0.25) is 0 Å². The highest BCUT2D eigenvalue weighted by molar-refractivity contribution is 6.05. The molecular weight excluding hydrogens is 278 g/mol. The lowest BCUT2D eigenvalue weighted by Gasteiger charge is -2.21. The van der Waals surface area contributed by atoms with Gasteiger partial charge in [0.1, 0.15) is 5.56 Å². The van der Waals surface area contributed by atoms with Crippen LogP contribution in [0, 0.1) is 0 Å². The first-order valence-corrected chi connectivity index (χ1v) is 7.83. The fourth-order valence-electron chi connectivity index (χ4n) is 2.60. The summed E-state index contributed by atoms with van der Waals surface area (Å²) in [6.07, 6.45) is 3.66. The zero-order valence-electron chi connectivity index (χ0n) is 13.0. The van der Waals surface area contributed by atoms with Crippen molar-refractivity contribution in [3.05, 3.63) is 41.8 Å². The second-order valence-corrected chi connectivity index (χ2v) is 5.55. The summed E-state index contributed by atoms with van der Waals surface area (Å²) >= 11 is 0. The Morgan fingerprint density at radius 3 is 2.55 bits per heavy atom. The van der Waals surface area contributed by atoms with Gasteiger partial charge < -0.3 is 14.7 Å². The van der Waals surface area contributed by atoms with E-state index >= 15 is 0 Å². The lowest BCUT2D eigenvalue weighted by Crippen LogP contribution is -2.21. The van der Waals surface area contributed by atoms with Crippen LogP contribution in [0.25, 0.3) is 0 Å². The molecule has 1 N–H and O–H groups in total. The van der Waals surface area contributed by atoms with E-state index in [1.165, 1.54) is 6.20 Å². The number of amides is 1. The smallest absolute Gasteiger partial charge is 0.260 e. The van der Waals surface area contributed by atoms with E-state index in [4.69, 9.17) is 4.52 Å². The highest BCUT2D eigenvalue weighted by atomic mass is 16.5. The van der Waals surface area contributed by atoms with Gasteiger partial charge in [-0.3, -0.25) is 4.79 Å². The number of carbonyl (C=O) groups is 1. The largest absolute Gasteiger partial charge is 0.372 e. The molecule has 1 fully saturated rings. The Morgan fingerprint density at radius 1 is 1.27 bits per heavy atom. The molecule has 1 aliphatic rings. The molecule has 3 rings (SSSR count). The predicted molar refractivity (Wildman–Crippen MR) is 86.4 cm³/mol. The molecule has 0 radical (unpaired) electrons. The summed E-state index contributed by atoms with van der Waals surface area (Å²) in [7, 11) is 0. The molecule has 0 aliphatic heterocycles. The van der Waals surface area contributed by atoms with Crippen LogP contribution in [0.5, 0.6) is 0 Å². The summed E-state index contributed by atoms with van der Waals surface area (Å²) in [4.78, 5) is 14.6. The van der Waals surface area contributed by atoms with Crippen LogP contribution in [0.1, 0.15) is 48.7 Å². The van der Waals surface area contributed by atoms with Crippen LogP contribution >= 0.6 is 0 Å².